The van der Waals surface area contributed by atoms with Gasteiger partial charge in [0.2, 0.25) is 0 Å². The standard InChI is InChI=1S/C15H20BrN/c1-11(2)7-8-17-15-9-13(10-15)12-3-5-14(16)6-4-12/h3-7,13,15,17H,8-10H2,1-2H3. The second kappa shape index (κ2) is 5.83. The van der Waals surface area contributed by atoms with Gasteiger partial charge in [-0.25, -0.2) is 0 Å². The van der Waals surface area contributed by atoms with Gasteiger partial charge in [-0.2, -0.15) is 0 Å². The smallest absolute Gasteiger partial charge is 0.0175 e. The number of hydrogen-bond donors (Lipinski definition) is 1. The van der Waals surface area contributed by atoms with E-state index in [1.165, 1.54) is 28.5 Å². The molecule has 1 saturated carbocycles. The van der Waals surface area contributed by atoms with Crippen molar-refractivity contribution in [2.24, 2.45) is 0 Å². The normalized spacial score (nSPS) is 23.0. The van der Waals surface area contributed by atoms with Gasteiger partial charge in [-0.15, -0.1) is 0 Å². The first-order valence-corrected chi connectivity index (χ1v) is 7.06. The molecule has 0 amide bonds. The van der Waals surface area contributed by atoms with E-state index in [9.17, 15) is 0 Å². The molecule has 17 heavy (non-hydrogen) atoms. The van der Waals surface area contributed by atoms with Crippen LogP contribution in [0.1, 0.15) is 38.2 Å². The Hall–Kier alpha value is -0.600. The SMILES string of the molecule is CC(C)=CCNC1CC(c2ccc(Br)cc2)C1. The van der Waals surface area contributed by atoms with Crippen LogP contribution in [-0.2, 0) is 0 Å². The Kier molecular flexibility index (Phi) is 4.41. The Morgan fingerprint density at radius 2 is 1.94 bits per heavy atom. The maximum atomic E-state index is 3.58. The molecule has 1 nitrogen and oxygen atoms in total. The maximum absolute atomic E-state index is 3.58. The van der Waals surface area contributed by atoms with E-state index in [1.54, 1.807) is 0 Å². The Morgan fingerprint density at radius 3 is 2.53 bits per heavy atom. The first kappa shape index (κ1) is 12.8. The van der Waals surface area contributed by atoms with E-state index in [2.05, 4.69) is 65.4 Å². The lowest BCUT2D eigenvalue weighted by Gasteiger charge is -2.36. The molecule has 1 aromatic carbocycles. The fourth-order valence-corrected chi connectivity index (χ4v) is 2.49. The van der Waals surface area contributed by atoms with Crippen LogP contribution in [0, 0.1) is 0 Å². The van der Waals surface area contributed by atoms with Crippen molar-refractivity contribution in [3.63, 3.8) is 0 Å². The predicted octanol–water partition coefficient (Wildman–Crippen LogP) is 4.25. The van der Waals surface area contributed by atoms with Gasteiger partial charge in [0.25, 0.3) is 0 Å². The predicted molar refractivity (Wildman–Crippen MR) is 77.3 cm³/mol. The quantitative estimate of drug-likeness (QED) is 0.819. The summed E-state index contributed by atoms with van der Waals surface area (Å²) in [5.41, 5.74) is 2.87. The fraction of sp³-hybridized carbons (Fsp3) is 0.467. The second-order valence-corrected chi connectivity index (χ2v) is 6.02. The number of hydrogen-bond acceptors (Lipinski definition) is 1. The molecule has 0 bridgehead atoms. The Balaban J connectivity index is 1.75. The van der Waals surface area contributed by atoms with Gasteiger partial charge in [0, 0.05) is 17.1 Å². The third kappa shape index (κ3) is 3.68. The number of halogens is 1. The molecule has 1 aromatic rings. The van der Waals surface area contributed by atoms with Gasteiger partial charge >= 0.3 is 0 Å². The average molecular weight is 294 g/mol. The zero-order valence-corrected chi connectivity index (χ0v) is 12.1. The highest BCUT2D eigenvalue weighted by Gasteiger charge is 2.29. The van der Waals surface area contributed by atoms with Gasteiger partial charge in [-0.1, -0.05) is 39.7 Å². The summed E-state index contributed by atoms with van der Waals surface area (Å²) in [4.78, 5) is 0. The molecule has 0 heterocycles. The van der Waals surface area contributed by atoms with E-state index in [4.69, 9.17) is 0 Å². The maximum Gasteiger partial charge on any atom is 0.0175 e. The number of rotatable bonds is 4. The highest BCUT2D eigenvalue weighted by Crippen LogP contribution is 2.37. The summed E-state index contributed by atoms with van der Waals surface area (Å²) < 4.78 is 1.17. The van der Waals surface area contributed by atoms with E-state index in [-0.39, 0.29) is 0 Å². The van der Waals surface area contributed by atoms with Crippen LogP contribution in [0.15, 0.2) is 40.4 Å². The van der Waals surface area contributed by atoms with Gasteiger partial charge in [0.15, 0.2) is 0 Å². The van der Waals surface area contributed by atoms with Gasteiger partial charge in [0.05, 0.1) is 0 Å². The topological polar surface area (TPSA) is 12.0 Å². The Morgan fingerprint density at radius 1 is 1.29 bits per heavy atom. The molecule has 2 rings (SSSR count). The molecular formula is C15H20BrN. The van der Waals surface area contributed by atoms with Crippen LogP contribution in [0.4, 0.5) is 0 Å². The molecule has 1 fully saturated rings. The molecule has 0 saturated heterocycles. The zero-order chi connectivity index (χ0) is 12.3. The van der Waals surface area contributed by atoms with Gasteiger partial charge in [-0.3, -0.25) is 0 Å². The van der Waals surface area contributed by atoms with Crippen LogP contribution in [0.5, 0.6) is 0 Å². The van der Waals surface area contributed by atoms with Crippen molar-refractivity contribution in [2.75, 3.05) is 6.54 Å². The number of benzene rings is 1. The van der Waals surface area contributed by atoms with Gasteiger partial charge < -0.3 is 5.32 Å². The summed E-state index contributed by atoms with van der Waals surface area (Å²) >= 11 is 3.48. The minimum Gasteiger partial charge on any atom is -0.310 e. The lowest BCUT2D eigenvalue weighted by atomic mass is 9.76. The summed E-state index contributed by atoms with van der Waals surface area (Å²) in [7, 11) is 0. The molecule has 0 spiro atoms. The minimum atomic E-state index is 0.708. The van der Waals surface area contributed by atoms with E-state index in [1.807, 2.05) is 0 Å². The summed E-state index contributed by atoms with van der Waals surface area (Å²) in [6.45, 7) is 5.31. The largest absolute Gasteiger partial charge is 0.310 e. The van der Waals surface area contributed by atoms with E-state index in [0.29, 0.717) is 6.04 Å². The highest BCUT2D eigenvalue weighted by atomic mass is 79.9. The van der Waals surface area contributed by atoms with Crippen molar-refractivity contribution in [2.45, 2.75) is 38.6 Å². The van der Waals surface area contributed by atoms with Crippen LogP contribution in [0.3, 0.4) is 0 Å². The van der Waals surface area contributed by atoms with Crippen LogP contribution in [-0.4, -0.2) is 12.6 Å². The van der Waals surface area contributed by atoms with Crippen LogP contribution < -0.4 is 5.32 Å². The molecule has 1 N–H and O–H groups in total. The van der Waals surface area contributed by atoms with Gasteiger partial charge in [-0.05, 0) is 50.3 Å². The molecule has 0 aromatic heterocycles. The molecule has 1 aliphatic carbocycles. The second-order valence-electron chi connectivity index (χ2n) is 5.11. The number of nitrogens with one attached hydrogen (secondary N) is 1. The summed E-state index contributed by atoms with van der Waals surface area (Å²) in [6.07, 6.45) is 4.81. The molecule has 1 aliphatic rings. The van der Waals surface area contributed by atoms with Crippen molar-refractivity contribution >= 4 is 15.9 Å². The minimum absolute atomic E-state index is 0.708. The summed E-state index contributed by atoms with van der Waals surface area (Å²) in [5.74, 6) is 0.757. The van der Waals surface area contributed by atoms with Crippen molar-refractivity contribution in [1.82, 2.24) is 5.32 Å². The van der Waals surface area contributed by atoms with Crippen LogP contribution >= 0.6 is 15.9 Å². The Labute approximate surface area is 112 Å². The zero-order valence-electron chi connectivity index (χ0n) is 10.5. The van der Waals surface area contributed by atoms with Crippen molar-refractivity contribution in [3.05, 3.63) is 46.0 Å². The molecule has 92 valence electrons. The summed E-state index contributed by atoms with van der Waals surface area (Å²) in [5, 5.41) is 3.58. The number of allylic oxidation sites excluding steroid dienone is 1. The Bertz CT molecular complexity index is 384. The van der Waals surface area contributed by atoms with Crippen molar-refractivity contribution in [1.29, 1.82) is 0 Å². The lowest BCUT2D eigenvalue weighted by Crippen LogP contribution is -2.40. The van der Waals surface area contributed by atoms with E-state index < -0.39 is 0 Å². The molecule has 2 heteroatoms. The average Bonchev–Trinajstić information content (AvgIpc) is 2.23. The molecule has 0 unspecified atom stereocenters. The monoisotopic (exact) mass is 293 g/mol. The first-order chi connectivity index (χ1) is 8.15. The summed E-state index contributed by atoms with van der Waals surface area (Å²) in [6, 6.07) is 9.46. The van der Waals surface area contributed by atoms with E-state index >= 15 is 0 Å². The van der Waals surface area contributed by atoms with Gasteiger partial charge in [0.1, 0.15) is 0 Å². The molecule has 0 aliphatic heterocycles. The lowest BCUT2D eigenvalue weighted by molar-refractivity contribution is 0.299. The fourth-order valence-electron chi connectivity index (χ4n) is 2.22. The third-order valence-electron chi connectivity index (χ3n) is 3.40. The van der Waals surface area contributed by atoms with Crippen molar-refractivity contribution < 1.29 is 0 Å². The van der Waals surface area contributed by atoms with Crippen molar-refractivity contribution in [3.8, 4) is 0 Å². The molecular weight excluding hydrogens is 274 g/mol. The highest BCUT2D eigenvalue weighted by molar-refractivity contribution is 9.10. The molecule has 0 atom stereocenters. The molecule has 0 radical (unpaired) electrons. The van der Waals surface area contributed by atoms with Crippen LogP contribution in [0.25, 0.3) is 0 Å². The third-order valence-corrected chi connectivity index (χ3v) is 3.92. The van der Waals surface area contributed by atoms with Crippen LogP contribution in [0.2, 0.25) is 0 Å². The van der Waals surface area contributed by atoms with E-state index in [0.717, 1.165) is 12.5 Å². The first-order valence-electron chi connectivity index (χ1n) is 6.27.